The van der Waals surface area contributed by atoms with E-state index in [-0.39, 0.29) is 0 Å². The first kappa shape index (κ1) is 12.6. The Labute approximate surface area is 142 Å². The van der Waals surface area contributed by atoms with Gasteiger partial charge in [0.2, 0.25) is 0 Å². The molecule has 112 valence electrons. The van der Waals surface area contributed by atoms with Crippen LogP contribution in [0.5, 0.6) is 0 Å². The molecule has 0 N–H and O–H groups in total. The number of rotatable bonds is 0. The molecule has 3 aromatic heterocycles. The molecule has 0 aliphatic heterocycles. The first-order chi connectivity index (χ1) is 11.8. The smallest absolute Gasteiger partial charge is 0.0822 e. The number of pyridine rings is 2. The summed E-state index contributed by atoms with van der Waals surface area (Å²) in [6, 6.07) is 21.1. The lowest BCUT2D eigenvalue weighted by atomic mass is 10.0. The van der Waals surface area contributed by atoms with Gasteiger partial charge in [0.1, 0.15) is 0 Å². The third kappa shape index (κ3) is 1.36. The molecule has 0 aliphatic rings. The zero-order valence-corrected chi connectivity index (χ0v) is 13.4. The van der Waals surface area contributed by atoms with Gasteiger partial charge >= 0.3 is 0 Å². The first-order valence-corrected chi connectivity index (χ1v) is 8.32. The Morgan fingerprint density at radius 3 is 2.58 bits per heavy atom. The molecule has 0 spiro atoms. The molecule has 0 saturated heterocycles. The molecule has 2 nitrogen and oxygen atoms in total. The highest BCUT2D eigenvalue weighted by Crippen LogP contribution is 2.40. The van der Waals surface area contributed by atoms with E-state index in [0.717, 1.165) is 21.4 Å². The van der Waals surface area contributed by atoms with Crippen LogP contribution in [0.3, 0.4) is 0 Å². The second kappa shape index (κ2) is 4.16. The second-order valence-electron chi connectivity index (χ2n) is 6.24. The summed E-state index contributed by atoms with van der Waals surface area (Å²) in [6.45, 7) is 0. The summed E-state index contributed by atoms with van der Waals surface area (Å²) in [4.78, 5) is 4.70. The van der Waals surface area contributed by atoms with Gasteiger partial charge in [-0.15, -0.1) is 0 Å². The van der Waals surface area contributed by atoms with Crippen molar-refractivity contribution in [3.63, 3.8) is 0 Å². The van der Waals surface area contributed by atoms with Gasteiger partial charge in [0.25, 0.3) is 0 Å². The minimum atomic E-state index is 0.750. The van der Waals surface area contributed by atoms with Crippen molar-refractivity contribution in [1.82, 2.24) is 9.38 Å². The Morgan fingerprint density at radius 2 is 1.62 bits per heavy atom. The number of hydrogen-bond acceptors (Lipinski definition) is 1. The van der Waals surface area contributed by atoms with Crippen molar-refractivity contribution in [2.75, 3.05) is 0 Å². The topological polar surface area (TPSA) is 17.3 Å². The van der Waals surface area contributed by atoms with Crippen LogP contribution in [0.2, 0.25) is 5.02 Å². The van der Waals surface area contributed by atoms with Gasteiger partial charge in [0.05, 0.1) is 22.1 Å². The minimum absolute atomic E-state index is 0.750. The van der Waals surface area contributed by atoms with E-state index in [9.17, 15) is 0 Å². The summed E-state index contributed by atoms with van der Waals surface area (Å²) in [5.41, 5.74) is 4.58. The van der Waals surface area contributed by atoms with Crippen molar-refractivity contribution in [2.24, 2.45) is 0 Å². The molecule has 3 heteroatoms. The van der Waals surface area contributed by atoms with Gasteiger partial charge in [-0.05, 0) is 29.7 Å². The second-order valence-corrected chi connectivity index (χ2v) is 6.67. The molecule has 0 fully saturated rings. The Hall–Kier alpha value is -2.84. The number of nitrogens with zero attached hydrogens (tertiary/aromatic N) is 2. The molecule has 0 saturated carbocycles. The summed E-state index contributed by atoms with van der Waals surface area (Å²) in [7, 11) is 0. The van der Waals surface area contributed by atoms with E-state index >= 15 is 0 Å². The quantitative estimate of drug-likeness (QED) is 0.246. The summed E-state index contributed by atoms with van der Waals surface area (Å²) in [6.07, 6.45) is 1.87. The maximum atomic E-state index is 6.43. The van der Waals surface area contributed by atoms with Gasteiger partial charge in [0.15, 0.2) is 0 Å². The predicted octanol–water partition coefficient (Wildman–Crippen LogP) is 6.04. The predicted molar refractivity (Wildman–Crippen MR) is 101 cm³/mol. The maximum Gasteiger partial charge on any atom is 0.0822 e. The summed E-state index contributed by atoms with van der Waals surface area (Å²) < 4.78 is 2.34. The molecule has 6 aromatic rings. The molecule has 0 radical (unpaired) electrons. The van der Waals surface area contributed by atoms with Crippen molar-refractivity contribution < 1.29 is 0 Å². The van der Waals surface area contributed by atoms with E-state index in [1.165, 1.54) is 32.6 Å². The fourth-order valence-electron chi connectivity index (χ4n) is 4.10. The van der Waals surface area contributed by atoms with Gasteiger partial charge in [-0.25, -0.2) is 0 Å². The van der Waals surface area contributed by atoms with Gasteiger partial charge in [-0.3, -0.25) is 4.98 Å². The van der Waals surface area contributed by atoms with Crippen molar-refractivity contribution >= 4 is 60.6 Å². The van der Waals surface area contributed by atoms with Crippen molar-refractivity contribution in [2.45, 2.75) is 0 Å². The van der Waals surface area contributed by atoms with Crippen LogP contribution in [-0.4, -0.2) is 9.38 Å². The fourth-order valence-corrected chi connectivity index (χ4v) is 4.32. The Balaban J connectivity index is 2.15. The van der Waals surface area contributed by atoms with Crippen LogP contribution in [0.25, 0.3) is 49.0 Å². The van der Waals surface area contributed by atoms with Gasteiger partial charge in [-0.2, -0.15) is 0 Å². The Bertz CT molecular complexity index is 1410. The van der Waals surface area contributed by atoms with E-state index < -0.39 is 0 Å². The van der Waals surface area contributed by atoms with Crippen LogP contribution >= 0.6 is 11.6 Å². The summed E-state index contributed by atoms with van der Waals surface area (Å²) >= 11 is 6.43. The van der Waals surface area contributed by atoms with Crippen LogP contribution in [0.4, 0.5) is 0 Å². The number of halogens is 1. The lowest BCUT2D eigenvalue weighted by Gasteiger charge is -2.12. The van der Waals surface area contributed by atoms with Crippen molar-refractivity contribution in [3.05, 3.63) is 71.9 Å². The molecule has 0 aliphatic carbocycles. The number of aromatic nitrogens is 2. The highest BCUT2D eigenvalue weighted by Gasteiger charge is 2.17. The zero-order valence-electron chi connectivity index (χ0n) is 12.6. The molecule has 0 atom stereocenters. The van der Waals surface area contributed by atoms with Crippen molar-refractivity contribution in [3.8, 4) is 0 Å². The van der Waals surface area contributed by atoms with Crippen molar-refractivity contribution in [1.29, 1.82) is 0 Å². The highest BCUT2D eigenvalue weighted by molar-refractivity contribution is 6.33. The minimum Gasteiger partial charge on any atom is -0.308 e. The highest BCUT2D eigenvalue weighted by atomic mass is 35.5. The fraction of sp³-hybridized carbons (Fsp3) is 0. The van der Waals surface area contributed by atoms with E-state index in [2.05, 4.69) is 52.9 Å². The van der Waals surface area contributed by atoms with E-state index in [1.54, 1.807) is 0 Å². The number of hydrogen-bond donors (Lipinski definition) is 0. The third-order valence-corrected chi connectivity index (χ3v) is 5.22. The normalized spacial score (nSPS) is 12.4. The third-order valence-electron chi connectivity index (χ3n) is 5.00. The molecule has 6 rings (SSSR count). The van der Waals surface area contributed by atoms with Crippen LogP contribution in [-0.2, 0) is 0 Å². The molecule has 3 aromatic carbocycles. The standard InChI is InChI=1S/C21H11ClN2/c22-13-10-12-8-9-23-20-16-6-3-5-15-14-4-1-2-7-17(14)24(21(15)16)18(11-13)19(12)20/h1-11H. The number of fused-ring (bicyclic) bond motifs is 5. The lowest BCUT2D eigenvalue weighted by Crippen LogP contribution is -1.94. The molecule has 0 bridgehead atoms. The molecule has 0 amide bonds. The Morgan fingerprint density at radius 1 is 0.792 bits per heavy atom. The summed E-state index contributed by atoms with van der Waals surface area (Å²) in [5.74, 6) is 0. The average molecular weight is 327 g/mol. The van der Waals surface area contributed by atoms with Crippen LogP contribution in [0, 0.1) is 0 Å². The van der Waals surface area contributed by atoms with Gasteiger partial charge in [0, 0.05) is 32.8 Å². The number of para-hydroxylation sites is 2. The molecule has 0 unspecified atom stereocenters. The first-order valence-electron chi connectivity index (χ1n) is 7.94. The molecular formula is C21H11ClN2. The lowest BCUT2D eigenvalue weighted by molar-refractivity contribution is 1.34. The monoisotopic (exact) mass is 326 g/mol. The molecular weight excluding hydrogens is 316 g/mol. The SMILES string of the molecule is Clc1cc2ccnc3c4cccc5c6ccccc6n(c(c1)c23)c54. The number of benzene rings is 3. The summed E-state index contributed by atoms with van der Waals surface area (Å²) in [5, 5.41) is 6.75. The van der Waals surface area contributed by atoms with E-state index in [0.29, 0.717) is 0 Å². The van der Waals surface area contributed by atoms with Crippen LogP contribution < -0.4 is 0 Å². The van der Waals surface area contributed by atoms with Gasteiger partial charge in [-0.1, -0.05) is 48.0 Å². The maximum absolute atomic E-state index is 6.43. The molecule has 24 heavy (non-hydrogen) atoms. The van der Waals surface area contributed by atoms with Gasteiger partial charge < -0.3 is 4.40 Å². The largest absolute Gasteiger partial charge is 0.308 e. The molecule has 3 heterocycles. The Kier molecular flexibility index (Phi) is 2.18. The zero-order chi connectivity index (χ0) is 15.8. The van der Waals surface area contributed by atoms with Crippen LogP contribution in [0.1, 0.15) is 0 Å². The van der Waals surface area contributed by atoms with E-state index in [4.69, 9.17) is 16.6 Å². The van der Waals surface area contributed by atoms with E-state index in [1.807, 2.05) is 18.3 Å². The van der Waals surface area contributed by atoms with Crippen LogP contribution in [0.15, 0.2) is 66.9 Å². The average Bonchev–Trinajstić information content (AvgIpc) is 2.95.